The smallest absolute Gasteiger partial charge is 0.0700 e. The quantitative estimate of drug-likeness (QED) is 0.755. The summed E-state index contributed by atoms with van der Waals surface area (Å²) in [7, 11) is 0. The Morgan fingerprint density at radius 2 is 2.00 bits per heavy atom. The molecule has 0 bridgehead atoms. The lowest BCUT2D eigenvalue weighted by molar-refractivity contribution is 0.577. The molecule has 1 aliphatic heterocycles. The van der Waals surface area contributed by atoms with E-state index in [2.05, 4.69) is 29.2 Å². The van der Waals surface area contributed by atoms with Gasteiger partial charge in [0.15, 0.2) is 0 Å². The highest BCUT2D eigenvalue weighted by Gasteiger charge is 2.12. The molecule has 0 radical (unpaired) electrons. The second kappa shape index (κ2) is 5.03. The van der Waals surface area contributed by atoms with Gasteiger partial charge in [0.05, 0.1) is 12.0 Å². The molecule has 0 spiro atoms. The third-order valence-electron chi connectivity index (χ3n) is 3.29. The van der Waals surface area contributed by atoms with Gasteiger partial charge in [0, 0.05) is 18.8 Å². The highest BCUT2D eigenvalue weighted by atomic mass is 15.1. The normalized spacial score (nSPS) is 17.9. The Morgan fingerprint density at radius 3 is 2.69 bits per heavy atom. The predicted octanol–water partition coefficient (Wildman–Crippen LogP) is 3.30. The van der Waals surface area contributed by atoms with E-state index in [0.717, 1.165) is 18.7 Å². The van der Waals surface area contributed by atoms with Crippen molar-refractivity contribution in [3.8, 4) is 6.07 Å². The Kier molecular flexibility index (Phi) is 3.46. The molecule has 1 aliphatic rings. The first kappa shape index (κ1) is 11.0. The second-order valence-corrected chi connectivity index (χ2v) is 4.49. The summed E-state index contributed by atoms with van der Waals surface area (Å²) in [5.74, 6) is -0.00950. The van der Waals surface area contributed by atoms with Crippen molar-refractivity contribution in [1.82, 2.24) is 0 Å². The average molecular weight is 214 g/mol. The molecule has 1 unspecified atom stereocenters. The van der Waals surface area contributed by atoms with E-state index in [1.165, 1.54) is 24.9 Å². The Balaban J connectivity index is 2.18. The summed E-state index contributed by atoms with van der Waals surface area (Å²) in [5.41, 5.74) is 2.41. The Hall–Kier alpha value is -1.49. The Morgan fingerprint density at radius 1 is 1.25 bits per heavy atom. The van der Waals surface area contributed by atoms with Crippen LogP contribution in [-0.4, -0.2) is 13.1 Å². The molecule has 2 rings (SSSR count). The van der Waals surface area contributed by atoms with Crippen molar-refractivity contribution in [2.24, 2.45) is 0 Å². The average Bonchev–Trinajstić information content (AvgIpc) is 2.39. The molecule has 0 N–H and O–H groups in total. The molecule has 0 aliphatic carbocycles. The number of anilines is 1. The molecule has 1 saturated heterocycles. The first-order valence-corrected chi connectivity index (χ1v) is 6.06. The van der Waals surface area contributed by atoms with E-state index in [-0.39, 0.29) is 5.92 Å². The van der Waals surface area contributed by atoms with Crippen molar-refractivity contribution in [1.29, 1.82) is 5.26 Å². The number of nitriles is 1. The lowest BCUT2D eigenvalue weighted by atomic mass is 10.0. The maximum absolute atomic E-state index is 8.93. The number of nitrogens with zero attached hydrogens (tertiary/aromatic N) is 2. The molecular weight excluding hydrogens is 196 g/mol. The molecule has 1 aromatic rings. The minimum atomic E-state index is -0.00950. The molecule has 1 fully saturated rings. The number of rotatable bonds is 2. The Labute approximate surface area is 97.5 Å². The molecular formula is C14H18N2. The fourth-order valence-electron chi connectivity index (χ4n) is 2.22. The topological polar surface area (TPSA) is 27.0 Å². The summed E-state index contributed by atoms with van der Waals surface area (Å²) in [6.07, 6.45) is 3.93. The van der Waals surface area contributed by atoms with Crippen molar-refractivity contribution in [2.45, 2.75) is 32.1 Å². The van der Waals surface area contributed by atoms with Gasteiger partial charge in [0.25, 0.3) is 0 Å². The van der Waals surface area contributed by atoms with Crippen LogP contribution in [0.5, 0.6) is 0 Å². The monoisotopic (exact) mass is 214 g/mol. The molecule has 2 nitrogen and oxygen atoms in total. The van der Waals surface area contributed by atoms with Crippen LogP contribution in [0, 0.1) is 11.3 Å². The molecule has 2 heteroatoms. The van der Waals surface area contributed by atoms with E-state index in [9.17, 15) is 0 Å². The summed E-state index contributed by atoms with van der Waals surface area (Å²) in [6.45, 7) is 4.27. The third-order valence-corrected chi connectivity index (χ3v) is 3.29. The van der Waals surface area contributed by atoms with Crippen molar-refractivity contribution in [3.63, 3.8) is 0 Å². The van der Waals surface area contributed by atoms with Gasteiger partial charge in [0.1, 0.15) is 0 Å². The first-order valence-electron chi connectivity index (χ1n) is 6.06. The van der Waals surface area contributed by atoms with Gasteiger partial charge in [-0.15, -0.1) is 0 Å². The van der Waals surface area contributed by atoms with Crippen LogP contribution in [0.1, 0.15) is 37.7 Å². The zero-order valence-corrected chi connectivity index (χ0v) is 9.82. The number of hydrogen-bond acceptors (Lipinski definition) is 2. The summed E-state index contributed by atoms with van der Waals surface area (Å²) in [4.78, 5) is 2.43. The van der Waals surface area contributed by atoms with Crippen LogP contribution in [0.3, 0.4) is 0 Å². The van der Waals surface area contributed by atoms with Crippen LogP contribution < -0.4 is 4.90 Å². The first-order chi connectivity index (χ1) is 7.81. The number of benzene rings is 1. The van der Waals surface area contributed by atoms with Crippen molar-refractivity contribution < 1.29 is 0 Å². The maximum Gasteiger partial charge on any atom is 0.0700 e. The van der Waals surface area contributed by atoms with Gasteiger partial charge in [-0.1, -0.05) is 12.1 Å². The zero-order chi connectivity index (χ0) is 11.4. The van der Waals surface area contributed by atoms with Gasteiger partial charge in [-0.05, 0) is 43.9 Å². The fraction of sp³-hybridized carbons (Fsp3) is 0.500. The van der Waals surface area contributed by atoms with Crippen molar-refractivity contribution >= 4 is 5.69 Å². The van der Waals surface area contributed by atoms with E-state index < -0.39 is 0 Å². The summed E-state index contributed by atoms with van der Waals surface area (Å²) in [5, 5.41) is 8.93. The summed E-state index contributed by atoms with van der Waals surface area (Å²) >= 11 is 0. The van der Waals surface area contributed by atoms with Gasteiger partial charge in [-0.2, -0.15) is 5.26 Å². The molecule has 0 saturated carbocycles. The summed E-state index contributed by atoms with van der Waals surface area (Å²) in [6, 6.07) is 10.7. The standard InChI is InChI=1S/C14H18N2/c1-12(11-15)13-6-5-7-14(10-13)16-8-3-2-4-9-16/h5-7,10,12H,2-4,8-9H2,1H3. The zero-order valence-electron chi connectivity index (χ0n) is 9.82. The molecule has 16 heavy (non-hydrogen) atoms. The minimum absolute atomic E-state index is 0.00950. The van der Waals surface area contributed by atoms with Gasteiger partial charge in [0.2, 0.25) is 0 Å². The van der Waals surface area contributed by atoms with Crippen LogP contribution in [0.4, 0.5) is 5.69 Å². The molecule has 1 aromatic carbocycles. The van der Waals surface area contributed by atoms with E-state index >= 15 is 0 Å². The highest BCUT2D eigenvalue weighted by molar-refractivity contribution is 5.50. The molecule has 0 aromatic heterocycles. The second-order valence-electron chi connectivity index (χ2n) is 4.49. The Bertz CT molecular complexity index is 386. The molecule has 1 heterocycles. The van der Waals surface area contributed by atoms with Gasteiger partial charge < -0.3 is 4.90 Å². The van der Waals surface area contributed by atoms with Crippen molar-refractivity contribution in [3.05, 3.63) is 29.8 Å². The SMILES string of the molecule is CC(C#N)c1cccc(N2CCCCC2)c1. The van der Waals surface area contributed by atoms with Crippen LogP contribution in [0.25, 0.3) is 0 Å². The predicted molar refractivity (Wildman–Crippen MR) is 66.5 cm³/mol. The highest BCUT2D eigenvalue weighted by Crippen LogP contribution is 2.24. The molecule has 0 amide bonds. The van der Waals surface area contributed by atoms with Crippen LogP contribution >= 0.6 is 0 Å². The van der Waals surface area contributed by atoms with E-state index in [1.807, 2.05) is 13.0 Å². The third kappa shape index (κ3) is 2.36. The van der Waals surface area contributed by atoms with E-state index in [4.69, 9.17) is 5.26 Å². The van der Waals surface area contributed by atoms with Gasteiger partial charge >= 0.3 is 0 Å². The lowest BCUT2D eigenvalue weighted by Gasteiger charge is -2.29. The minimum Gasteiger partial charge on any atom is -0.372 e. The van der Waals surface area contributed by atoms with Gasteiger partial charge in [-0.3, -0.25) is 0 Å². The number of piperidine rings is 1. The number of hydrogen-bond donors (Lipinski definition) is 0. The van der Waals surface area contributed by atoms with Crippen LogP contribution in [-0.2, 0) is 0 Å². The van der Waals surface area contributed by atoms with E-state index in [1.54, 1.807) is 0 Å². The van der Waals surface area contributed by atoms with Crippen LogP contribution in [0.15, 0.2) is 24.3 Å². The molecule has 84 valence electrons. The van der Waals surface area contributed by atoms with E-state index in [0.29, 0.717) is 0 Å². The van der Waals surface area contributed by atoms with Crippen LogP contribution in [0.2, 0.25) is 0 Å². The largest absolute Gasteiger partial charge is 0.372 e. The fourth-order valence-corrected chi connectivity index (χ4v) is 2.22. The summed E-state index contributed by atoms with van der Waals surface area (Å²) < 4.78 is 0. The molecule has 1 atom stereocenters. The lowest BCUT2D eigenvalue weighted by Crippen LogP contribution is -2.29. The maximum atomic E-state index is 8.93. The van der Waals surface area contributed by atoms with Gasteiger partial charge in [-0.25, -0.2) is 0 Å². The van der Waals surface area contributed by atoms with Crippen molar-refractivity contribution in [2.75, 3.05) is 18.0 Å².